The Kier molecular flexibility index (Phi) is 5.67. The van der Waals surface area contributed by atoms with Crippen LogP contribution in [0.3, 0.4) is 0 Å². The summed E-state index contributed by atoms with van der Waals surface area (Å²) in [5, 5.41) is 0. The number of rotatable bonds is 2. The van der Waals surface area contributed by atoms with Crippen molar-refractivity contribution >= 4 is 23.1 Å². The van der Waals surface area contributed by atoms with Gasteiger partial charge < -0.3 is 4.74 Å². The first-order valence-electron chi connectivity index (χ1n) is 15.2. The monoisotopic (exact) mass is 558 g/mol. The van der Waals surface area contributed by atoms with Gasteiger partial charge in [-0.2, -0.15) is 0 Å². The molecule has 0 aromatic heterocycles. The molecule has 7 aromatic carbocycles. The molecule has 0 radical (unpaired) electrons. The summed E-state index contributed by atoms with van der Waals surface area (Å²) in [7, 11) is 0. The average molecular weight is 558 g/mol. The fourth-order valence-corrected chi connectivity index (χ4v) is 7.28. The zero-order valence-corrected chi connectivity index (χ0v) is 24.1. The molecule has 1 nitrogen and oxygen atoms in total. The van der Waals surface area contributed by atoms with Crippen molar-refractivity contribution in [1.82, 2.24) is 0 Å². The predicted molar refractivity (Wildman–Crippen MR) is 185 cm³/mol. The second-order valence-electron chi connectivity index (χ2n) is 11.6. The Labute approximate surface area is 258 Å². The lowest BCUT2D eigenvalue weighted by molar-refractivity contribution is 0.487. The van der Waals surface area contributed by atoms with Gasteiger partial charge in [-0.1, -0.05) is 151 Å². The number of fused-ring (bicyclic) bond motifs is 10. The highest BCUT2D eigenvalue weighted by Gasteiger charge is 2.33. The van der Waals surface area contributed by atoms with Crippen LogP contribution in [-0.4, -0.2) is 6.71 Å². The summed E-state index contributed by atoms with van der Waals surface area (Å²) in [5.41, 5.74) is 16.2. The quantitative estimate of drug-likeness (QED) is 0.193. The molecule has 2 aliphatic rings. The van der Waals surface area contributed by atoms with E-state index in [1.165, 1.54) is 72.0 Å². The highest BCUT2D eigenvalue weighted by atomic mass is 16.5. The molecule has 0 fully saturated rings. The molecule has 0 bridgehead atoms. The van der Waals surface area contributed by atoms with Crippen LogP contribution < -0.4 is 21.1 Å². The third kappa shape index (κ3) is 3.81. The maximum atomic E-state index is 6.38. The van der Waals surface area contributed by atoms with E-state index in [9.17, 15) is 0 Å². The van der Waals surface area contributed by atoms with Crippen molar-refractivity contribution in [3.63, 3.8) is 0 Å². The van der Waals surface area contributed by atoms with Gasteiger partial charge in [0.05, 0.1) is 0 Å². The molecule has 0 spiro atoms. The second kappa shape index (κ2) is 10.0. The van der Waals surface area contributed by atoms with Crippen molar-refractivity contribution < 1.29 is 4.74 Å². The van der Waals surface area contributed by atoms with Gasteiger partial charge >= 0.3 is 0 Å². The molecule has 0 atom stereocenters. The Bertz CT molecular complexity index is 2180. The van der Waals surface area contributed by atoms with Crippen LogP contribution >= 0.6 is 0 Å². The normalized spacial score (nSPS) is 12.2. The highest BCUT2D eigenvalue weighted by molar-refractivity contribution is 6.97. The van der Waals surface area contributed by atoms with Crippen LogP contribution in [0.2, 0.25) is 0 Å². The number of para-hydroxylation sites is 2. The molecule has 0 saturated carbocycles. The topological polar surface area (TPSA) is 9.23 Å². The minimum atomic E-state index is 0.0641. The molecule has 2 heteroatoms. The van der Waals surface area contributed by atoms with Gasteiger partial charge in [0.1, 0.15) is 11.5 Å². The van der Waals surface area contributed by atoms with Gasteiger partial charge in [0.25, 0.3) is 6.71 Å². The smallest absolute Gasteiger partial charge is 0.251 e. The first-order chi connectivity index (χ1) is 21.8. The lowest BCUT2D eigenvalue weighted by Gasteiger charge is -2.28. The predicted octanol–water partition coefficient (Wildman–Crippen LogP) is 8.96. The maximum absolute atomic E-state index is 6.38. The number of benzene rings is 7. The molecular formula is C42H27BO. The van der Waals surface area contributed by atoms with Gasteiger partial charge in [-0.05, 0) is 84.8 Å². The van der Waals surface area contributed by atoms with E-state index in [-0.39, 0.29) is 6.71 Å². The van der Waals surface area contributed by atoms with Crippen LogP contribution in [0, 0.1) is 0 Å². The van der Waals surface area contributed by atoms with Crippen LogP contribution in [0.25, 0.3) is 55.6 Å². The fourth-order valence-electron chi connectivity index (χ4n) is 7.28. The van der Waals surface area contributed by atoms with Crippen LogP contribution in [0.4, 0.5) is 0 Å². The van der Waals surface area contributed by atoms with E-state index in [4.69, 9.17) is 4.74 Å². The number of hydrogen-bond acceptors (Lipinski definition) is 1. The molecular weight excluding hydrogens is 531 g/mol. The van der Waals surface area contributed by atoms with E-state index in [0.717, 1.165) is 11.5 Å². The second-order valence-corrected chi connectivity index (χ2v) is 11.6. The van der Waals surface area contributed by atoms with E-state index >= 15 is 0 Å². The minimum Gasteiger partial charge on any atom is -0.458 e. The summed E-state index contributed by atoms with van der Waals surface area (Å²) < 4.78 is 6.38. The summed E-state index contributed by atoms with van der Waals surface area (Å²) in [6, 6.07) is 59.3. The van der Waals surface area contributed by atoms with E-state index < -0.39 is 0 Å². The van der Waals surface area contributed by atoms with Crippen LogP contribution in [0.5, 0.6) is 11.5 Å². The molecule has 1 aliphatic carbocycles. The molecule has 0 saturated heterocycles. The van der Waals surface area contributed by atoms with E-state index in [1.807, 2.05) is 0 Å². The first kappa shape index (κ1) is 25.0. The van der Waals surface area contributed by atoms with Crippen molar-refractivity contribution in [2.45, 2.75) is 0 Å². The van der Waals surface area contributed by atoms with Gasteiger partial charge in [0, 0.05) is 0 Å². The lowest BCUT2D eigenvalue weighted by atomic mass is 9.35. The Morgan fingerprint density at radius 1 is 0.295 bits per heavy atom. The molecule has 7 aromatic rings. The van der Waals surface area contributed by atoms with E-state index in [1.54, 1.807) is 0 Å². The van der Waals surface area contributed by atoms with Gasteiger partial charge in [0.2, 0.25) is 0 Å². The third-order valence-electron chi connectivity index (χ3n) is 9.22. The van der Waals surface area contributed by atoms with Crippen molar-refractivity contribution in [2.24, 2.45) is 0 Å². The Morgan fingerprint density at radius 2 is 0.659 bits per heavy atom. The van der Waals surface area contributed by atoms with E-state index in [0.29, 0.717) is 0 Å². The van der Waals surface area contributed by atoms with Crippen molar-refractivity contribution in [2.75, 3.05) is 0 Å². The van der Waals surface area contributed by atoms with Gasteiger partial charge in [-0.25, -0.2) is 0 Å². The SMILES string of the molecule is c1ccc2c(c1)Oc1ccccc1B2c1ccccc1-c1ccc2c(c1)-c1ccccc1-c1ccccc1-c1ccccc1-2. The molecule has 1 heterocycles. The summed E-state index contributed by atoms with van der Waals surface area (Å²) in [5.74, 6) is 1.85. The molecule has 0 unspecified atom stereocenters. The maximum Gasteiger partial charge on any atom is 0.251 e. The first-order valence-corrected chi connectivity index (χ1v) is 15.2. The summed E-state index contributed by atoms with van der Waals surface area (Å²) >= 11 is 0. The lowest BCUT2D eigenvalue weighted by Crippen LogP contribution is -2.55. The number of ether oxygens (including phenoxy) is 1. The highest BCUT2D eigenvalue weighted by Crippen LogP contribution is 2.48. The third-order valence-corrected chi connectivity index (χ3v) is 9.22. The summed E-state index contributed by atoms with van der Waals surface area (Å²) in [6.07, 6.45) is 0. The fraction of sp³-hybridized carbons (Fsp3) is 0. The zero-order chi connectivity index (χ0) is 29.0. The molecule has 1 aliphatic heterocycles. The van der Waals surface area contributed by atoms with Crippen LogP contribution in [0.15, 0.2) is 164 Å². The van der Waals surface area contributed by atoms with Gasteiger partial charge in [0.15, 0.2) is 0 Å². The zero-order valence-electron chi connectivity index (χ0n) is 24.1. The average Bonchev–Trinajstić information content (AvgIpc) is 3.10. The van der Waals surface area contributed by atoms with Crippen LogP contribution in [0.1, 0.15) is 0 Å². The van der Waals surface area contributed by atoms with Gasteiger partial charge in [-0.3, -0.25) is 0 Å². The molecule has 44 heavy (non-hydrogen) atoms. The summed E-state index contributed by atoms with van der Waals surface area (Å²) in [4.78, 5) is 0. The Morgan fingerprint density at radius 3 is 1.16 bits per heavy atom. The molecule has 9 rings (SSSR count). The molecule has 0 amide bonds. The molecule has 0 N–H and O–H groups in total. The minimum absolute atomic E-state index is 0.0641. The number of hydrogen-bond donors (Lipinski definition) is 0. The largest absolute Gasteiger partial charge is 0.458 e. The van der Waals surface area contributed by atoms with Crippen molar-refractivity contribution in [3.8, 4) is 67.1 Å². The summed E-state index contributed by atoms with van der Waals surface area (Å²) in [6.45, 7) is 0.0641. The van der Waals surface area contributed by atoms with Crippen LogP contribution in [-0.2, 0) is 0 Å². The van der Waals surface area contributed by atoms with Gasteiger partial charge in [-0.15, -0.1) is 0 Å². The Hall–Kier alpha value is -5.60. The molecule has 204 valence electrons. The van der Waals surface area contributed by atoms with E-state index in [2.05, 4.69) is 164 Å². The van der Waals surface area contributed by atoms with Crippen molar-refractivity contribution in [3.05, 3.63) is 164 Å². The Balaban J connectivity index is 1.30. The van der Waals surface area contributed by atoms with Crippen molar-refractivity contribution in [1.29, 1.82) is 0 Å². The standard InChI is InChI=1S/C42H27BO/c1-2-15-31-30(14-1)32-16-3-4-18-34(32)36-26-25-28(27-37(36)35-19-6-5-17-33(31)35)29-13-7-8-20-38(29)43-39-21-9-11-23-41(39)44-42-24-12-10-22-40(42)43/h1-27H.